The fourth-order valence-corrected chi connectivity index (χ4v) is 4.49. The number of hydrogen-bond donors (Lipinski definition) is 1. The summed E-state index contributed by atoms with van der Waals surface area (Å²) in [6, 6.07) is 8.67. The van der Waals surface area contributed by atoms with Gasteiger partial charge in [-0.25, -0.2) is 13.4 Å². The summed E-state index contributed by atoms with van der Waals surface area (Å²) < 4.78 is 27.1. The topological polar surface area (TPSA) is 76.3 Å². The molecule has 0 aliphatic carbocycles. The summed E-state index contributed by atoms with van der Waals surface area (Å²) in [5.41, 5.74) is 7.26. The van der Waals surface area contributed by atoms with Gasteiger partial charge < -0.3 is 5.73 Å². The van der Waals surface area contributed by atoms with Crippen LogP contribution in [0.5, 0.6) is 0 Å². The van der Waals surface area contributed by atoms with Gasteiger partial charge in [0, 0.05) is 12.2 Å². The largest absolute Gasteiger partial charge is 0.382 e. The minimum Gasteiger partial charge on any atom is -0.382 e. The van der Waals surface area contributed by atoms with Crippen LogP contribution in [0.3, 0.4) is 0 Å². The van der Waals surface area contributed by atoms with Crippen molar-refractivity contribution in [1.29, 1.82) is 0 Å². The number of nitrogen functional groups attached to an aromatic ring is 1. The summed E-state index contributed by atoms with van der Waals surface area (Å²) in [6.45, 7) is 1.88. The molecule has 0 bridgehead atoms. The summed E-state index contributed by atoms with van der Waals surface area (Å²) >= 11 is 5.89. The third-order valence-corrected chi connectivity index (χ3v) is 5.74. The zero-order valence-electron chi connectivity index (χ0n) is 11.3. The second-order valence-electron chi connectivity index (χ2n) is 5.02. The minimum atomic E-state index is -3.71. The summed E-state index contributed by atoms with van der Waals surface area (Å²) in [4.78, 5) is 3.88. The number of sulfonamides is 1. The first-order valence-corrected chi connectivity index (χ1v) is 8.26. The first kappa shape index (κ1) is 14.2. The number of anilines is 2. The van der Waals surface area contributed by atoms with E-state index >= 15 is 0 Å². The molecule has 0 saturated carbocycles. The molecule has 7 heteroatoms. The molecule has 1 unspecified atom stereocenters. The number of nitrogens with two attached hydrogens (primary N) is 1. The highest BCUT2D eigenvalue weighted by molar-refractivity contribution is 7.92. The Bertz CT molecular complexity index is 808. The average Bonchev–Trinajstić information content (AvgIpc) is 2.78. The molecule has 0 saturated heterocycles. The number of nitrogens with zero attached hydrogens (tertiary/aromatic N) is 2. The first-order chi connectivity index (χ1) is 9.91. The SMILES string of the molecule is CC1Cc2ccccc2N1S(=O)(=O)c1cnc(N)c(Cl)c1. The number of para-hydroxylation sites is 1. The third kappa shape index (κ3) is 2.24. The average molecular weight is 324 g/mol. The quantitative estimate of drug-likeness (QED) is 0.921. The third-order valence-electron chi connectivity index (χ3n) is 3.55. The smallest absolute Gasteiger partial charge is 0.266 e. The fraction of sp³-hybridized carbons (Fsp3) is 0.214. The summed E-state index contributed by atoms with van der Waals surface area (Å²) in [6.07, 6.45) is 1.93. The summed E-state index contributed by atoms with van der Waals surface area (Å²) in [5, 5.41) is 0.135. The molecule has 1 aromatic carbocycles. The van der Waals surface area contributed by atoms with Crippen LogP contribution in [0, 0.1) is 0 Å². The van der Waals surface area contributed by atoms with Gasteiger partial charge in [-0.05, 0) is 31.0 Å². The lowest BCUT2D eigenvalue weighted by Gasteiger charge is -2.24. The highest BCUT2D eigenvalue weighted by atomic mass is 35.5. The molecule has 0 spiro atoms. The van der Waals surface area contributed by atoms with Gasteiger partial charge in [0.15, 0.2) is 0 Å². The lowest BCUT2D eigenvalue weighted by molar-refractivity contribution is 0.584. The molecule has 0 radical (unpaired) electrons. The highest BCUT2D eigenvalue weighted by Gasteiger charge is 2.36. The zero-order valence-corrected chi connectivity index (χ0v) is 12.9. The van der Waals surface area contributed by atoms with Crippen LogP contribution in [0.15, 0.2) is 41.4 Å². The maximum Gasteiger partial charge on any atom is 0.266 e. The molecule has 21 heavy (non-hydrogen) atoms. The van der Waals surface area contributed by atoms with Gasteiger partial charge in [0.25, 0.3) is 10.0 Å². The molecule has 0 amide bonds. The van der Waals surface area contributed by atoms with Crippen molar-refractivity contribution in [3.8, 4) is 0 Å². The standard InChI is InChI=1S/C14H14ClN3O2S/c1-9-6-10-4-2-3-5-13(10)18(9)21(19,20)11-7-12(15)14(16)17-8-11/h2-5,7-9H,6H2,1H3,(H2,16,17). The van der Waals surface area contributed by atoms with Crippen molar-refractivity contribution in [2.75, 3.05) is 10.0 Å². The number of pyridine rings is 1. The lowest BCUT2D eigenvalue weighted by atomic mass is 10.1. The molecule has 1 aromatic heterocycles. The molecule has 1 atom stereocenters. The molecule has 5 nitrogen and oxygen atoms in total. The van der Waals surface area contributed by atoms with Gasteiger partial charge in [0.2, 0.25) is 0 Å². The normalized spacial score (nSPS) is 17.8. The van der Waals surface area contributed by atoms with Crippen molar-refractivity contribution in [1.82, 2.24) is 4.98 Å². The number of halogens is 1. The highest BCUT2D eigenvalue weighted by Crippen LogP contribution is 2.36. The van der Waals surface area contributed by atoms with E-state index in [1.54, 1.807) is 0 Å². The maximum absolute atomic E-state index is 12.9. The van der Waals surface area contributed by atoms with E-state index in [2.05, 4.69) is 4.98 Å². The van der Waals surface area contributed by atoms with Gasteiger partial charge in [-0.2, -0.15) is 0 Å². The minimum absolute atomic E-state index is 0.0465. The summed E-state index contributed by atoms with van der Waals surface area (Å²) in [5.74, 6) is 0.116. The molecular formula is C14H14ClN3O2S. The van der Waals surface area contributed by atoms with Crippen LogP contribution in [0.25, 0.3) is 0 Å². The Hall–Kier alpha value is -1.79. The summed E-state index contributed by atoms with van der Waals surface area (Å²) in [7, 11) is -3.71. The molecule has 0 fully saturated rings. The van der Waals surface area contributed by atoms with E-state index in [9.17, 15) is 8.42 Å². The van der Waals surface area contributed by atoms with Crippen LogP contribution in [0.2, 0.25) is 5.02 Å². The molecule has 1 aliphatic heterocycles. The van der Waals surface area contributed by atoms with E-state index in [1.165, 1.54) is 16.6 Å². The Labute approximate surface area is 128 Å². The van der Waals surface area contributed by atoms with Crippen LogP contribution in [0.4, 0.5) is 11.5 Å². The zero-order chi connectivity index (χ0) is 15.2. The van der Waals surface area contributed by atoms with Crippen molar-refractivity contribution >= 4 is 33.1 Å². The van der Waals surface area contributed by atoms with Gasteiger partial charge in [-0.1, -0.05) is 29.8 Å². The van der Waals surface area contributed by atoms with Gasteiger partial charge in [0.05, 0.1) is 10.7 Å². The Kier molecular flexibility index (Phi) is 3.30. The van der Waals surface area contributed by atoms with Crippen molar-refractivity contribution in [2.24, 2.45) is 0 Å². The molecule has 110 valence electrons. The van der Waals surface area contributed by atoms with Gasteiger partial charge in [-0.3, -0.25) is 4.31 Å². The van der Waals surface area contributed by atoms with Gasteiger partial charge >= 0.3 is 0 Å². The second-order valence-corrected chi connectivity index (χ2v) is 7.24. The molecule has 2 aromatic rings. The number of benzene rings is 1. The molecule has 1 aliphatic rings. The number of hydrogen-bond acceptors (Lipinski definition) is 4. The molecule has 3 rings (SSSR count). The monoisotopic (exact) mass is 323 g/mol. The molecule has 2 N–H and O–H groups in total. The fourth-order valence-electron chi connectivity index (χ4n) is 2.59. The van der Waals surface area contributed by atoms with Crippen molar-refractivity contribution in [2.45, 2.75) is 24.3 Å². The Morgan fingerprint density at radius 3 is 2.81 bits per heavy atom. The van der Waals surface area contributed by atoms with E-state index in [0.717, 1.165) is 5.56 Å². The lowest BCUT2D eigenvalue weighted by Crippen LogP contribution is -2.35. The predicted molar refractivity (Wildman–Crippen MR) is 82.9 cm³/mol. The van der Waals surface area contributed by atoms with E-state index in [0.29, 0.717) is 12.1 Å². The molecule has 2 heterocycles. The van der Waals surface area contributed by atoms with Crippen molar-refractivity contribution < 1.29 is 8.42 Å². The second kappa shape index (κ2) is 4.89. The Morgan fingerprint density at radius 1 is 1.38 bits per heavy atom. The van der Waals surface area contributed by atoms with Gasteiger partial charge in [0.1, 0.15) is 10.7 Å². The van der Waals surface area contributed by atoms with Crippen LogP contribution in [0.1, 0.15) is 12.5 Å². The Balaban J connectivity index is 2.12. The first-order valence-electron chi connectivity index (χ1n) is 6.44. The van der Waals surface area contributed by atoms with E-state index in [1.807, 2.05) is 31.2 Å². The van der Waals surface area contributed by atoms with E-state index < -0.39 is 10.0 Å². The van der Waals surface area contributed by atoms with Crippen LogP contribution >= 0.6 is 11.6 Å². The molecular weight excluding hydrogens is 310 g/mol. The number of aromatic nitrogens is 1. The van der Waals surface area contributed by atoms with Crippen molar-refractivity contribution in [3.63, 3.8) is 0 Å². The number of fused-ring (bicyclic) bond motifs is 1. The number of rotatable bonds is 2. The van der Waals surface area contributed by atoms with Crippen LogP contribution < -0.4 is 10.0 Å². The van der Waals surface area contributed by atoms with E-state index in [-0.39, 0.29) is 21.8 Å². The van der Waals surface area contributed by atoms with Gasteiger partial charge in [-0.15, -0.1) is 0 Å². The van der Waals surface area contributed by atoms with Crippen LogP contribution in [-0.4, -0.2) is 19.4 Å². The predicted octanol–water partition coefficient (Wildman–Crippen LogP) is 2.46. The maximum atomic E-state index is 12.9. The van der Waals surface area contributed by atoms with Crippen molar-refractivity contribution in [3.05, 3.63) is 47.1 Å². The Morgan fingerprint density at radius 2 is 2.10 bits per heavy atom. The van der Waals surface area contributed by atoms with Crippen LogP contribution in [-0.2, 0) is 16.4 Å². The van der Waals surface area contributed by atoms with E-state index in [4.69, 9.17) is 17.3 Å².